The van der Waals surface area contributed by atoms with E-state index >= 15 is 0 Å². The van der Waals surface area contributed by atoms with Crippen molar-refractivity contribution in [3.63, 3.8) is 0 Å². The maximum absolute atomic E-state index is 4.32. The zero-order valence-electron chi connectivity index (χ0n) is 10.3. The van der Waals surface area contributed by atoms with Gasteiger partial charge in [0.05, 0.1) is 6.04 Å². The van der Waals surface area contributed by atoms with Gasteiger partial charge in [0.1, 0.15) is 5.01 Å². The van der Waals surface area contributed by atoms with Crippen molar-refractivity contribution in [3.8, 4) is 0 Å². The van der Waals surface area contributed by atoms with E-state index in [-0.39, 0.29) is 0 Å². The molecule has 90 valence electrons. The van der Waals surface area contributed by atoms with E-state index in [2.05, 4.69) is 48.4 Å². The highest BCUT2D eigenvalue weighted by Crippen LogP contribution is 2.14. The molecular weight excluding hydrogens is 228 g/mol. The average Bonchev–Trinajstić information content (AvgIpc) is 2.85. The van der Waals surface area contributed by atoms with Crippen LogP contribution in [0.25, 0.3) is 0 Å². The van der Waals surface area contributed by atoms with Gasteiger partial charge in [0.25, 0.3) is 0 Å². The number of aromatic nitrogens is 1. The van der Waals surface area contributed by atoms with Crippen LogP contribution in [-0.4, -0.2) is 11.5 Å². The van der Waals surface area contributed by atoms with E-state index in [0.717, 1.165) is 18.0 Å². The van der Waals surface area contributed by atoms with Gasteiger partial charge in [0.15, 0.2) is 0 Å². The van der Waals surface area contributed by atoms with Gasteiger partial charge in [-0.3, -0.25) is 0 Å². The minimum Gasteiger partial charge on any atom is -0.308 e. The third-order valence-corrected chi connectivity index (χ3v) is 3.89. The van der Waals surface area contributed by atoms with Crippen LogP contribution in [0.5, 0.6) is 0 Å². The van der Waals surface area contributed by atoms with E-state index in [4.69, 9.17) is 0 Å². The molecule has 0 radical (unpaired) electrons. The van der Waals surface area contributed by atoms with Crippen LogP contribution in [0.4, 0.5) is 0 Å². The number of rotatable bonds is 5. The smallest absolute Gasteiger partial charge is 0.109 e. The van der Waals surface area contributed by atoms with Crippen LogP contribution < -0.4 is 5.32 Å². The molecule has 0 amide bonds. The molecule has 0 saturated heterocycles. The zero-order chi connectivity index (χ0) is 12.1. The largest absolute Gasteiger partial charge is 0.308 e. The summed E-state index contributed by atoms with van der Waals surface area (Å²) < 4.78 is 0. The molecule has 0 aliphatic carbocycles. The van der Waals surface area contributed by atoms with Crippen LogP contribution >= 0.6 is 11.3 Å². The fourth-order valence-corrected chi connectivity index (χ4v) is 2.52. The SMILES string of the molecule is Cc1ccccc1CCNC(C)c1nccs1. The number of benzene rings is 1. The number of nitrogens with one attached hydrogen (secondary N) is 1. The lowest BCUT2D eigenvalue weighted by Gasteiger charge is -2.11. The maximum Gasteiger partial charge on any atom is 0.109 e. The normalized spacial score (nSPS) is 12.6. The molecule has 1 atom stereocenters. The maximum atomic E-state index is 4.32. The Morgan fingerprint density at radius 2 is 2.18 bits per heavy atom. The third kappa shape index (κ3) is 3.38. The van der Waals surface area contributed by atoms with Crippen molar-refractivity contribution in [2.75, 3.05) is 6.54 Å². The van der Waals surface area contributed by atoms with Crippen LogP contribution in [0.1, 0.15) is 29.1 Å². The molecular formula is C14H18N2S. The average molecular weight is 246 g/mol. The van der Waals surface area contributed by atoms with Gasteiger partial charge in [-0.1, -0.05) is 24.3 Å². The number of nitrogens with zero attached hydrogens (tertiary/aromatic N) is 1. The van der Waals surface area contributed by atoms with Gasteiger partial charge < -0.3 is 5.32 Å². The number of hydrogen-bond acceptors (Lipinski definition) is 3. The molecule has 1 aromatic heterocycles. The zero-order valence-corrected chi connectivity index (χ0v) is 11.1. The van der Waals surface area contributed by atoms with Gasteiger partial charge in [0, 0.05) is 11.6 Å². The van der Waals surface area contributed by atoms with Gasteiger partial charge in [-0.05, 0) is 37.9 Å². The van der Waals surface area contributed by atoms with Crippen LogP contribution in [0.2, 0.25) is 0 Å². The van der Waals surface area contributed by atoms with Crippen molar-refractivity contribution in [1.82, 2.24) is 10.3 Å². The quantitative estimate of drug-likeness (QED) is 0.875. The van der Waals surface area contributed by atoms with E-state index in [9.17, 15) is 0 Å². The van der Waals surface area contributed by atoms with E-state index in [1.165, 1.54) is 11.1 Å². The van der Waals surface area contributed by atoms with Gasteiger partial charge in [0.2, 0.25) is 0 Å². The standard InChI is InChI=1S/C14H18N2S/c1-11-5-3-4-6-13(11)7-8-15-12(2)14-16-9-10-17-14/h3-6,9-10,12,15H,7-8H2,1-2H3. The van der Waals surface area contributed by atoms with Gasteiger partial charge in [-0.2, -0.15) is 0 Å². The monoisotopic (exact) mass is 246 g/mol. The van der Waals surface area contributed by atoms with Crippen LogP contribution in [-0.2, 0) is 6.42 Å². The second-order valence-corrected chi connectivity index (χ2v) is 5.15. The summed E-state index contributed by atoms with van der Waals surface area (Å²) in [5, 5.41) is 6.69. The minimum absolute atomic E-state index is 0.346. The number of hydrogen-bond donors (Lipinski definition) is 1. The number of thiazole rings is 1. The fourth-order valence-electron chi connectivity index (χ4n) is 1.85. The highest BCUT2D eigenvalue weighted by molar-refractivity contribution is 7.09. The Hall–Kier alpha value is -1.19. The third-order valence-electron chi connectivity index (χ3n) is 2.93. The summed E-state index contributed by atoms with van der Waals surface area (Å²) in [6.07, 6.45) is 2.93. The second-order valence-electron chi connectivity index (χ2n) is 4.22. The minimum atomic E-state index is 0.346. The summed E-state index contributed by atoms with van der Waals surface area (Å²) in [4.78, 5) is 4.32. The van der Waals surface area contributed by atoms with E-state index in [0.29, 0.717) is 6.04 Å². The number of aryl methyl sites for hydroxylation is 1. The highest BCUT2D eigenvalue weighted by Gasteiger charge is 2.06. The predicted molar refractivity (Wildman–Crippen MR) is 73.4 cm³/mol. The second kappa shape index (κ2) is 5.94. The predicted octanol–water partition coefficient (Wildman–Crippen LogP) is 3.34. The Balaban J connectivity index is 1.82. The summed E-state index contributed by atoms with van der Waals surface area (Å²) in [5.74, 6) is 0. The highest BCUT2D eigenvalue weighted by atomic mass is 32.1. The van der Waals surface area contributed by atoms with Gasteiger partial charge >= 0.3 is 0 Å². The molecule has 3 heteroatoms. The molecule has 0 spiro atoms. The summed E-state index contributed by atoms with van der Waals surface area (Å²) in [7, 11) is 0. The Morgan fingerprint density at radius 3 is 2.88 bits per heavy atom. The Labute approximate surface area is 107 Å². The molecule has 1 unspecified atom stereocenters. The van der Waals surface area contributed by atoms with Crippen molar-refractivity contribution in [2.45, 2.75) is 26.3 Å². The van der Waals surface area contributed by atoms with Gasteiger partial charge in [-0.15, -0.1) is 11.3 Å². The van der Waals surface area contributed by atoms with Crippen molar-refractivity contribution in [3.05, 3.63) is 52.0 Å². The summed E-state index contributed by atoms with van der Waals surface area (Å²) >= 11 is 1.71. The Morgan fingerprint density at radius 1 is 1.35 bits per heavy atom. The molecule has 2 aromatic rings. The molecule has 0 saturated carbocycles. The first kappa shape index (κ1) is 12.3. The lowest BCUT2D eigenvalue weighted by atomic mass is 10.1. The molecule has 0 aliphatic heterocycles. The van der Waals surface area contributed by atoms with E-state index in [1.807, 2.05) is 11.6 Å². The topological polar surface area (TPSA) is 24.9 Å². The first-order valence-electron chi connectivity index (χ1n) is 5.94. The molecule has 2 nitrogen and oxygen atoms in total. The lowest BCUT2D eigenvalue weighted by Crippen LogP contribution is -2.21. The van der Waals surface area contributed by atoms with Crippen LogP contribution in [0, 0.1) is 6.92 Å². The fraction of sp³-hybridized carbons (Fsp3) is 0.357. The molecule has 17 heavy (non-hydrogen) atoms. The van der Waals surface area contributed by atoms with Crippen molar-refractivity contribution >= 4 is 11.3 Å². The summed E-state index contributed by atoms with van der Waals surface area (Å²) in [6.45, 7) is 5.32. The molecule has 0 fully saturated rings. The summed E-state index contributed by atoms with van der Waals surface area (Å²) in [5.41, 5.74) is 2.79. The molecule has 0 aliphatic rings. The van der Waals surface area contributed by atoms with Gasteiger partial charge in [-0.25, -0.2) is 4.98 Å². The molecule has 2 rings (SSSR count). The molecule has 1 heterocycles. The van der Waals surface area contributed by atoms with Crippen molar-refractivity contribution < 1.29 is 0 Å². The first-order chi connectivity index (χ1) is 8.27. The molecule has 1 N–H and O–H groups in total. The first-order valence-corrected chi connectivity index (χ1v) is 6.82. The molecule has 0 bridgehead atoms. The Kier molecular flexibility index (Phi) is 4.29. The Bertz CT molecular complexity index is 451. The van der Waals surface area contributed by atoms with Crippen molar-refractivity contribution in [1.29, 1.82) is 0 Å². The summed E-state index contributed by atoms with van der Waals surface area (Å²) in [6, 6.07) is 8.90. The molecule has 1 aromatic carbocycles. The lowest BCUT2D eigenvalue weighted by molar-refractivity contribution is 0.573. The van der Waals surface area contributed by atoms with Crippen molar-refractivity contribution in [2.24, 2.45) is 0 Å². The van der Waals surface area contributed by atoms with E-state index in [1.54, 1.807) is 11.3 Å². The van der Waals surface area contributed by atoms with Crippen LogP contribution in [0.3, 0.4) is 0 Å². The van der Waals surface area contributed by atoms with E-state index < -0.39 is 0 Å². The van der Waals surface area contributed by atoms with Crippen LogP contribution in [0.15, 0.2) is 35.8 Å².